The number of thioether (sulfide) groups is 1. The average Bonchev–Trinajstić information content (AvgIpc) is 3.11. The van der Waals surface area contributed by atoms with Gasteiger partial charge in [-0.05, 0) is 11.6 Å². The number of thiophene rings is 1. The molecule has 2 N–H and O–H groups in total. The van der Waals surface area contributed by atoms with E-state index in [2.05, 4.69) is 9.88 Å². The van der Waals surface area contributed by atoms with Crippen molar-refractivity contribution < 1.29 is 4.74 Å². The Balaban J connectivity index is 1.55. The zero-order chi connectivity index (χ0) is 17.9. The van der Waals surface area contributed by atoms with Gasteiger partial charge in [0.15, 0.2) is 5.16 Å². The van der Waals surface area contributed by atoms with Crippen molar-refractivity contribution in [3.05, 3.63) is 46.8 Å². The first kappa shape index (κ1) is 17.5. The molecular weight excluding hydrogens is 368 g/mol. The molecule has 26 heavy (non-hydrogen) atoms. The maximum Gasteiger partial charge on any atom is 0.290 e. The Labute approximate surface area is 159 Å². The fourth-order valence-corrected chi connectivity index (χ4v) is 4.86. The summed E-state index contributed by atoms with van der Waals surface area (Å²) in [5.41, 5.74) is 1.62. The summed E-state index contributed by atoms with van der Waals surface area (Å²) in [5, 5.41) is 0.563. The Kier molecular flexibility index (Phi) is 5.26. The lowest BCUT2D eigenvalue weighted by molar-refractivity contribution is 0.0410. The van der Waals surface area contributed by atoms with Gasteiger partial charge in [0, 0.05) is 30.3 Å². The molecule has 3 aromatic rings. The minimum atomic E-state index is -0.184. The summed E-state index contributed by atoms with van der Waals surface area (Å²) >= 11 is 2.96. The van der Waals surface area contributed by atoms with Crippen molar-refractivity contribution in [1.29, 1.82) is 0 Å². The maximum atomic E-state index is 12.6. The van der Waals surface area contributed by atoms with Crippen molar-refractivity contribution in [3.8, 4) is 10.4 Å². The van der Waals surface area contributed by atoms with Gasteiger partial charge in [0.25, 0.3) is 5.56 Å². The molecule has 0 bridgehead atoms. The summed E-state index contributed by atoms with van der Waals surface area (Å²) in [5.74, 6) is 6.85. The largest absolute Gasteiger partial charge is 0.379 e. The van der Waals surface area contributed by atoms with Gasteiger partial charge >= 0.3 is 0 Å². The second kappa shape index (κ2) is 7.79. The second-order valence-electron chi connectivity index (χ2n) is 6.06. The second-order valence-corrected chi connectivity index (χ2v) is 8.18. The van der Waals surface area contributed by atoms with E-state index in [1.807, 2.05) is 36.4 Å². The van der Waals surface area contributed by atoms with Crippen LogP contribution < -0.4 is 11.4 Å². The van der Waals surface area contributed by atoms with Crippen LogP contribution in [0.15, 0.2) is 46.3 Å². The third-order valence-corrected chi connectivity index (χ3v) is 6.44. The summed E-state index contributed by atoms with van der Waals surface area (Å²) in [6.45, 7) is 4.41. The molecule has 1 aliphatic heterocycles. The van der Waals surface area contributed by atoms with Crippen molar-refractivity contribution >= 4 is 33.3 Å². The predicted octanol–water partition coefficient (Wildman–Crippen LogP) is 2.26. The van der Waals surface area contributed by atoms with Crippen LogP contribution in [-0.2, 0) is 4.74 Å². The Morgan fingerprint density at radius 2 is 2.00 bits per heavy atom. The van der Waals surface area contributed by atoms with Gasteiger partial charge in [-0.1, -0.05) is 42.1 Å². The van der Waals surface area contributed by atoms with E-state index in [0.29, 0.717) is 9.86 Å². The van der Waals surface area contributed by atoms with Crippen LogP contribution >= 0.6 is 23.1 Å². The monoisotopic (exact) mass is 388 g/mol. The molecule has 0 aliphatic carbocycles. The summed E-state index contributed by atoms with van der Waals surface area (Å²) < 4.78 is 7.14. The van der Waals surface area contributed by atoms with Crippen molar-refractivity contribution in [1.82, 2.24) is 14.6 Å². The third kappa shape index (κ3) is 3.64. The van der Waals surface area contributed by atoms with Crippen LogP contribution in [-0.4, -0.2) is 53.2 Å². The molecule has 0 amide bonds. The van der Waals surface area contributed by atoms with Crippen LogP contribution in [0.4, 0.5) is 0 Å². The number of hydrogen-bond acceptors (Lipinski definition) is 7. The number of nitrogens with two attached hydrogens (primary N) is 1. The molecule has 1 saturated heterocycles. The highest BCUT2D eigenvalue weighted by Crippen LogP contribution is 2.31. The van der Waals surface area contributed by atoms with Gasteiger partial charge in [0.2, 0.25) is 0 Å². The number of nitrogen functional groups attached to an aromatic ring is 1. The maximum absolute atomic E-state index is 12.6. The smallest absolute Gasteiger partial charge is 0.290 e. The van der Waals surface area contributed by atoms with E-state index in [0.717, 1.165) is 54.6 Å². The van der Waals surface area contributed by atoms with Crippen LogP contribution in [0.3, 0.4) is 0 Å². The molecule has 4 rings (SSSR count). The first-order valence-electron chi connectivity index (χ1n) is 8.52. The highest BCUT2D eigenvalue weighted by molar-refractivity contribution is 7.99. The lowest BCUT2D eigenvalue weighted by atomic mass is 10.2. The average molecular weight is 389 g/mol. The van der Waals surface area contributed by atoms with Crippen LogP contribution in [0.1, 0.15) is 0 Å². The zero-order valence-corrected chi connectivity index (χ0v) is 15.9. The molecule has 1 aromatic carbocycles. The third-order valence-electron chi connectivity index (χ3n) is 4.35. The van der Waals surface area contributed by atoms with Gasteiger partial charge in [0.1, 0.15) is 4.70 Å². The van der Waals surface area contributed by atoms with Gasteiger partial charge in [-0.25, -0.2) is 9.66 Å². The number of benzene rings is 1. The first-order valence-corrected chi connectivity index (χ1v) is 10.3. The van der Waals surface area contributed by atoms with Gasteiger partial charge in [-0.2, -0.15) is 0 Å². The van der Waals surface area contributed by atoms with Crippen LogP contribution in [0, 0.1) is 0 Å². The molecule has 0 atom stereocenters. The van der Waals surface area contributed by atoms with E-state index in [1.165, 1.54) is 27.8 Å². The zero-order valence-electron chi connectivity index (χ0n) is 14.3. The highest BCUT2D eigenvalue weighted by atomic mass is 32.2. The number of nitrogens with zero attached hydrogens (tertiary/aromatic N) is 3. The van der Waals surface area contributed by atoms with E-state index < -0.39 is 0 Å². The number of ether oxygens (including phenoxy) is 1. The predicted molar refractivity (Wildman–Crippen MR) is 107 cm³/mol. The molecule has 8 heteroatoms. The number of morpholine rings is 1. The highest BCUT2D eigenvalue weighted by Gasteiger charge is 2.15. The molecule has 0 spiro atoms. The number of aromatic nitrogens is 2. The Morgan fingerprint density at radius 1 is 1.23 bits per heavy atom. The van der Waals surface area contributed by atoms with Crippen LogP contribution in [0.25, 0.3) is 20.7 Å². The quantitative estimate of drug-likeness (QED) is 0.411. The van der Waals surface area contributed by atoms with E-state index in [1.54, 1.807) is 0 Å². The molecular formula is C18H20N4O2S2. The van der Waals surface area contributed by atoms with E-state index in [4.69, 9.17) is 10.6 Å². The lowest BCUT2D eigenvalue weighted by Crippen LogP contribution is -2.37. The summed E-state index contributed by atoms with van der Waals surface area (Å²) in [6.07, 6.45) is 0. The van der Waals surface area contributed by atoms with E-state index in [-0.39, 0.29) is 5.56 Å². The van der Waals surface area contributed by atoms with Gasteiger partial charge in [0.05, 0.1) is 18.7 Å². The Hall–Kier alpha value is -1.87. The van der Waals surface area contributed by atoms with Gasteiger partial charge in [-0.15, -0.1) is 11.3 Å². The summed E-state index contributed by atoms with van der Waals surface area (Å²) in [4.78, 5) is 20.6. The molecule has 6 nitrogen and oxygen atoms in total. The van der Waals surface area contributed by atoms with E-state index in [9.17, 15) is 4.79 Å². The molecule has 0 saturated carbocycles. The van der Waals surface area contributed by atoms with Gasteiger partial charge in [-0.3, -0.25) is 9.69 Å². The van der Waals surface area contributed by atoms with Crippen molar-refractivity contribution in [2.24, 2.45) is 0 Å². The number of fused-ring (bicyclic) bond motifs is 1. The molecule has 0 unspecified atom stereocenters. The topological polar surface area (TPSA) is 73.4 Å². The number of rotatable bonds is 5. The minimum absolute atomic E-state index is 0.184. The fraction of sp³-hybridized carbons (Fsp3) is 0.333. The molecule has 2 aromatic heterocycles. The molecule has 1 aliphatic rings. The normalized spacial score (nSPS) is 15.5. The van der Waals surface area contributed by atoms with Crippen molar-refractivity contribution in [2.75, 3.05) is 44.4 Å². The first-order chi connectivity index (χ1) is 12.7. The summed E-state index contributed by atoms with van der Waals surface area (Å²) in [6, 6.07) is 12.0. The van der Waals surface area contributed by atoms with Crippen molar-refractivity contribution in [2.45, 2.75) is 5.16 Å². The standard InChI is InChI=1S/C18H20N4O2S2/c19-22-17(23)16-14(12-15(26-16)13-4-2-1-3-5-13)20-18(22)25-11-8-21-6-9-24-10-7-21/h1-5,12H,6-11,19H2. The minimum Gasteiger partial charge on any atom is -0.379 e. The van der Waals surface area contributed by atoms with Crippen LogP contribution in [0.5, 0.6) is 0 Å². The molecule has 136 valence electrons. The summed E-state index contributed by atoms with van der Waals surface area (Å²) in [7, 11) is 0. The SMILES string of the molecule is Nn1c(SCCN2CCOCC2)nc2cc(-c3ccccc3)sc2c1=O. The van der Waals surface area contributed by atoms with Crippen LogP contribution in [0.2, 0.25) is 0 Å². The Bertz CT molecular complexity index is 949. The molecule has 3 heterocycles. The molecule has 0 radical (unpaired) electrons. The lowest BCUT2D eigenvalue weighted by Gasteiger charge is -2.26. The van der Waals surface area contributed by atoms with Gasteiger partial charge < -0.3 is 10.6 Å². The van der Waals surface area contributed by atoms with Crippen molar-refractivity contribution in [3.63, 3.8) is 0 Å². The van der Waals surface area contributed by atoms with E-state index >= 15 is 0 Å². The number of hydrogen-bond donors (Lipinski definition) is 1. The Morgan fingerprint density at radius 3 is 2.77 bits per heavy atom. The fourth-order valence-electron chi connectivity index (χ4n) is 2.91. The molecule has 1 fully saturated rings.